The van der Waals surface area contributed by atoms with Gasteiger partial charge >= 0.3 is 0 Å². The summed E-state index contributed by atoms with van der Waals surface area (Å²) < 4.78 is 0.610. The van der Waals surface area contributed by atoms with Crippen LogP contribution in [0.1, 0.15) is 5.56 Å². The lowest BCUT2D eigenvalue weighted by Gasteiger charge is -1.98. The number of thiophene rings is 1. The molecule has 72 valence electrons. The molecule has 0 fully saturated rings. The SMILES string of the molecule is Cc1cscc1-c1ncc(I)c(=O)[nH]1. The van der Waals surface area contributed by atoms with E-state index in [0.29, 0.717) is 9.39 Å². The molecule has 2 heterocycles. The molecule has 14 heavy (non-hydrogen) atoms. The number of rotatable bonds is 1. The lowest BCUT2D eigenvalue weighted by Crippen LogP contribution is -2.11. The van der Waals surface area contributed by atoms with Gasteiger partial charge in [-0.3, -0.25) is 4.79 Å². The van der Waals surface area contributed by atoms with Crippen LogP contribution in [-0.4, -0.2) is 9.97 Å². The van der Waals surface area contributed by atoms with Crippen molar-refractivity contribution in [2.45, 2.75) is 6.92 Å². The molecule has 0 bridgehead atoms. The largest absolute Gasteiger partial charge is 0.306 e. The van der Waals surface area contributed by atoms with Crippen molar-refractivity contribution in [2.24, 2.45) is 0 Å². The molecule has 2 aromatic rings. The summed E-state index contributed by atoms with van der Waals surface area (Å²) in [5.41, 5.74) is 2.06. The van der Waals surface area contributed by atoms with Gasteiger partial charge in [0.2, 0.25) is 0 Å². The number of hydrogen-bond donors (Lipinski definition) is 1. The Morgan fingerprint density at radius 3 is 2.86 bits per heavy atom. The maximum atomic E-state index is 11.3. The number of aromatic amines is 1. The number of hydrogen-bond acceptors (Lipinski definition) is 3. The second-order valence-electron chi connectivity index (χ2n) is 2.88. The monoisotopic (exact) mass is 318 g/mol. The Hall–Kier alpha value is -0.690. The van der Waals surface area contributed by atoms with Crippen LogP contribution in [0.25, 0.3) is 11.4 Å². The van der Waals surface area contributed by atoms with E-state index >= 15 is 0 Å². The van der Waals surface area contributed by atoms with Crippen molar-refractivity contribution >= 4 is 33.9 Å². The number of halogens is 1. The molecule has 0 aromatic carbocycles. The average Bonchev–Trinajstić information content (AvgIpc) is 2.57. The van der Waals surface area contributed by atoms with E-state index in [1.165, 1.54) is 0 Å². The molecule has 2 rings (SSSR count). The first-order valence-corrected chi connectivity index (χ1v) is 5.98. The van der Waals surface area contributed by atoms with Gasteiger partial charge in [0, 0.05) is 17.1 Å². The zero-order chi connectivity index (χ0) is 10.1. The number of nitrogens with zero attached hydrogens (tertiary/aromatic N) is 1. The second-order valence-corrected chi connectivity index (χ2v) is 4.78. The van der Waals surface area contributed by atoms with E-state index in [9.17, 15) is 4.79 Å². The second kappa shape index (κ2) is 3.82. The van der Waals surface area contributed by atoms with Crippen LogP contribution in [0.3, 0.4) is 0 Å². The molecule has 5 heteroatoms. The molecule has 0 atom stereocenters. The predicted molar refractivity (Wildman–Crippen MR) is 65.6 cm³/mol. The Bertz CT molecular complexity index is 518. The minimum atomic E-state index is -0.0822. The Labute approximate surface area is 98.4 Å². The van der Waals surface area contributed by atoms with Gasteiger partial charge in [-0.1, -0.05) is 0 Å². The highest BCUT2D eigenvalue weighted by Crippen LogP contribution is 2.22. The van der Waals surface area contributed by atoms with Crippen LogP contribution in [0.15, 0.2) is 21.8 Å². The third-order valence-corrected chi connectivity index (χ3v) is 3.50. The average molecular weight is 318 g/mol. The van der Waals surface area contributed by atoms with Gasteiger partial charge in [-0.05, 0) is 40.5 Å². The normalized spacial score (nSPS) is 10.4. The molecule has 1 N–H and O–H groups in total. The smallest absolute Gasteiger partial charge is 0.264 e. The van der Waals surface area contributed by atoms with Gasteiger partial charge in [0.25, 0.3) is 5.56 Å². The van der Waals surface area contributed by atoms with E-state index in [4.69, 9.17) is 0 Å². The molecule has 0 radical (unpaired) electrons. The molecule has 3 nitrogen and oxygen atoms in total. The molecule has 0 aliphatic rings. The van der Waals surface area contributed by atoms with E-state index in [0.717, 1.165) is 11.1 Å². The quantitative estimate of drug-likeness (QED) is 0.821. The summed E-state index contributed by atoms with van der Waals surface area (Å²) in [5.74, 6) is 0.647. The van der Waals surface area contributed by atoms with Gasteiger partial charge < -0.3 is 4.98 Å². The first-order valence-electron chi connectivity index (χ1n) is 3.96. The molecule has 0 saturated heterocycles. The lowest BCUT2D eigenvalue weighted by atomic mass is 10.2. The molecule has 0 saturated carbocycles. The Morgan fingerprint density at radius 1 is 1.50 bits per heavy atom. The van der Waals surface area contributed by atoms with Crippen LogP contribution in [0.5, 0.6) is 0 Å². The van der Waals surface area contributed by atoms with Gasteiger partial charge in [0.05, 0.1) is 3.57 Å². The fraction of sp³-hybridized carbons (Fsp3) is 0.111. The molecule has 0 unspecified atom stereocenters. The molecule has 0 aliphatic heterocycles. The Kier molecular flexibility index (Phi) is 2.69. The van der Waals surface area contributed by atoms with Crippen LogP contribution in [0, 0.1) is 10.5 Å². The summed E-state index contributed by atoms with van der Waals surface area (Å²) in [7, 11) is 0. The molecular formula is C9H7IN2OS. The predicted octanol–water partition coefficient (Wildman–Crippen LogP) is 2.41. The highest BCUT2D eigenvalue weighted by atomic mass is 127. The topological polar surface area (TPSA) is 45.8 Å². The third kappa shape index (κ3) is 1.74. The summed E-state index contributed by atoms with van der Waals surface area (Å²) >= 11 is 3.57. The summed E-state index contributed by atoms with van der Waals surface area (Å²) in [5, 5.41) is 4.02. The van der Waals surface area contributed by atoms with E-state index in [1.54, 1.807) is 17.5 Å². The van der Waals surface area contributed by atoms with E-state index in [2.05, 4.69) is 9.97 Å². The molecule has 0 spiro atoms. The zero-order valence-electron chi connectivity index (χ0n) is 7.37. The van der Waals surface area contributed by atoms with Crippen molar-refractivity contribution in [3.05, 3.63) is 36.4 Å². The first kappa shape index (κ1) is 9.85. The van der Waals surface area contributed by atoms with Crippen LogP contribution < -0.4 is 5.56 Å². The summed E-state index contributed by atoms with van der Waals surface area (Å²) in [6, 6.07) is 0. The van der Waals surface area contributed by atoms with Crippen LogP contribution >= 0.6 is 33.9 Å². The minimum absolute atomic E-state index is 0.0822. The van der Waals surface area contributed by atoms with Crippen LogP contribution in [0.2, 0.25) is 0 Å². The molecule has 2 aromatic heterocycles. The van der Waals surface area contributed by atoms with Gasteiger partial charge in [-0.2, -0.15) is 11.3 Å². The number of nitrogens with one attached hydrogen (secondary N) is 1. The van der Waals surface area contributed by atoms with Crippen molar-refractivity contribution in [2.75, 3.05) is 0 Å². The van der Waals surface area contributed by atoms with Gasteiger partial charge in [0.1, 0.15) is 5.82 Å². The van der Waals surface area contributed by atoms with Gasteiger partial charge in [-0.15, -0.1) is 0 Å². The summed E-state index contributed by atoms with van der Waals surface area (Å²) in [6.45, 7) is 2.00. The molecule has 0 aliphatic carbocycles. The van der Waals surface area contributed by atoms with Crippen LogP contribution in [0.4, 0.5) is 0 Å². The fourth-order valence-corrected chi connectivity index (χ4v) is 2.23. The highest BCUT2D eigenvalue weighted by molar-refractivity contribution is 14.1. The maximum absolute atomic E-state index is 11.3. The summed E-state index contributed by atoms with van der Waals surface area (Å²) in [6.07, 6.45) is 1.59. The molecule has 0 amide bonds. The third-order valence-electron chi connectivity index (χ3n) is 1.87. The van der Waals surface area contributed by atoms with Crippen molar-refractivity contribution in [1.29, 1.82) is 0 Å². The maximum Gasteiger partial charge on any atom is 0.264 e. The van der Waals surface area contributed by atoms with Crippen LogP contribution in [-0.2, 0) is 0 Å². The molecular weight excluding hydrogens is 311 g/mol. The number of H-pyrrole nitrogens is 1. The first-order chi connectivity index (χ1) is 6.68. The Balaban J connectivity index is 2.59. The Morgan fingerprint density at radius 2 is 2.29 bits per heavy atom. The fourth-order valence-electron chi connectivity index (χ4n) is 1.12. The van der Waals surface area contributed by atoms with Crippen molar-refractivity contribution in [3.63, 3.8) is 0 Å². The van der Waals surface area contributed by atoms with Crippen molar-refractivity contribution in [1.82, 2.24) is 9.97 Å². The van der Waals surface area contributed by atoms with Crippen molar-refractivity contribution < 1.29 is 0 Å². The lowest BCUT2D eigenvalue weighted by molar-refractivity contribution is 1.11. The zero-order valence-corrected chi connectivity index (χ0v) is 10.3. The van der Waals surface area contributed by atoms with Gasteiger partial charge in [0.15, 0.2) is 0 Å². The van der Waals surface area contributed by atoms with Crippen molar-refractivity contribution in [3.8, 4) is 11.4 Å². The van der Waals surface area contributed by atoms with E-state index < -0.39 is 0 Å². The van der Waals surface area contributed by atoms with Gasteiger partial charge in [-0.25, -0.2) is 4.98 Å². The van der Waals surface area contributed by atoms with E-state index in [1.807, 2.05) is 40.3 Å². The van der Waals surface area contributed by atoms with E-state index in [-0.39, 0.29) is 5.56 Å². The number of aromatic nitrogens is 2. The summed E-state index contributed by atoms with van der Waals surface area (Å²) in [4.78, 5) is 18.3. The number of aryl methyl sites for hydroxylation is 1. The standard InChI is InChI=1S/C9H7IN2OS/c1-5-3-14-4-6(5)8-11-2-7(10)9(13)12-8/h2-4H,1H3,(H,11,12,13). The minimum Gasteiger partial charge on any atom is -0.306 e. The highest BCUT2D eigenvalue weighted by Gasteiger charge is 2.05.